The highest BCUT2D eigenvalue weighted by atomic mass is 32.1. The number of aliphatic carboxylic acids is 2. The summed E-state index contributed by atoms with van der Waals surface area (Å²) in [4.78, 5) is 36.6. The van der Waals surface area contributed by atoms with Gasteiger partial charge in [-0.1, -0.05) is 30.3 Å². The quantitative estimate of drug-likeness (QED) is 0.574. The molecule has 0 saturated carbocycles. The molecule has 2 atom stereocenters. The van der Waals surface area contributed by atoms with Gasteiger partial charge in [0.1, 0.15) is 12.6 Å². The van der Waals surface area contributed by atoms with E-state index in [1.807, 2.05) is 30.3 Å². The molecule has 27 heavy (non-hydrogen) atoms. The first-order valence-electron chi connectivity index (χ1n) is 8.46. The molecule has 7 nitrogen and oxygen atoms in total. The summed E-state index contributed by atoms with van der Waals surface area (Å²) in [6.45, 7) is 1.06. The van der Waals surface area contributed by atoms with Crippen LogP contribution in [0, 0.1) is 0 Å². The van der Waals surface area contributed by atoms with E-state index in [0.29, 0.717) is 18.5 Å². The van der Waals surface area contributed by atoms with Crippen LogP contribution in [0.1, 0.15) is 18.9 Å². The monoisotopic (exact) mass is 390 g/mol. The minimum absolute atomic E-state index is 0.314. The Kier molecular flexibility index (Phi) is 7.51. The standard InChI is InChI=1S/C19H22N2O5S/c1-13(18(24)21(11-17(22)23)15-9-10-27-12-15)20-16(19(25)26)8-7-14-5-3-2-4-6-14/h2-6,9-10,12-13,16,20H,7-8,11H2,1H3,(H,22,23)(H,25,26)/t13-,16?/m0/s1. The molecule has 0 aliphatic rings. The van der Waals surface area contributed by atoms with Crippen LogP contribution in [0.15, 0.2) is 47.2 Å². The molecule has 0 radical (unpaired) electrons. The molecular weight excluding hydrogens is 368 g/mol. The van der Waals surface area contributed by atoms with Gasteiger partial charge in [-0.2, -0.15) is 11.3 Å². The summed E-state index contributed by atoms with van der Waals surface area (Å²) < 4.78 is 0. The van der Waals surface area contributed by atoms with Crippen molar-refractivity contribution in [2.24, 2.45) is 0 Å². The van der Waals surface area contributed by atoms with Gasteiger partial charge in [0.15, 0.2) is 0 Å². The molecule has 0 aliphatic carbocycles. The van der Waals surface area contributed by atoms with Gasteiger partial charge in [-0.05, 0) is 36.8 Å². The summed E-state index contributed by atoms with van der Waals surface area (Å²) in [6.07, 6.45) is 0.865. The molecule has 0 saturated heterocycles. The fourth-order valence-corrected chi connectivity index (χ4v) is 3.32. The molecule has 3 N–H and O–H groups in total. The molecule has 1 aromatic carbocycles. The Bertz CT molecular complexity index is 764. The maximum absolute atomic E-state index is 12.7. The molecular formula is C19H22N2O5S. The van der Waals surface area contributed by atoms with Crippen LogP contribution >= 0.6 is 11.3 Å². The van der Waals surface area contributed by atoms with Crippen molar-refractivity contribution in [2.45, 2.75) is 31.8 Å². The minimum Gasteiger partial charge on any atom is -0.480 e. The molecule has 1 amide bonds. The van der Waals surface area contributed by atoms with E-state index in [9.17, 15) is 19.5 Å². The first-order valence-corrected chi connectivity index (χ1v) is 9.41. The van der Waals surface area contributed by atoms with Gasteiger partial charge in [0, 0.05) is 5.38 Å². The lowest BCUT2D eigenvalue weighted by Crippen LogP contribution is -2.52. The van der Waals surface area contributed by atoms with Gasteiger partial charge in [0.05, 0.1) is 11.7 Å². The molecule has 1 unspecified atom stereocenters. The van der Waals surface area contributed by atoms with Crippen LogP contribution in [-0.2, 0) is 20.8 Å². The van der Waals surface area contributed by atoms with E-state index in [0.717, 1.165) is 10.5 Å². The number of hydrogen-bond acceptors (Lipinski definition) is 5. The first kappa shape index (κ1) is 20.6. The van der Waals surface area contributed by atoms with Crippen LogP contribution < -0.4 is 10.2 Å². The Balaban J connectivity index is 2.03. The topological polar surface area (TPSA) is 107 Å². The van der Waals surface area contributed by atoms with E-state index in [1.54, 1.807) is 23.8 Å². The number of aryl methyl sites for hydroxylation is 1. The number of benzene rings is 1. The Hall–Kier alpha value is -2.71. The van der Waals surface area contributed by atoms with E-state index in [2.05, 4.69) is 5.32 Å². The third kappa shape index (κ3) is 6.19. The fraction of sp³-hybridized carbons (Fsp3) is 0.316. The maximum atomic E-state index is 12.7. The second kappa shape index (κ2) is 9.84. The summed E-state index contributed by atoms with van der Waals surface area (Å²) in [5.41, 5.74) is 1.49. The number of carboxylic acids is 2. The number of thiophene rings is 1. The van der Waals surface area contributed by atoms with Gasteiger partial charge in [0.25, 0.3) is 0 Å². The number of anilines is 1. The molecule has 1 heterocycles. The minimum atomic E-state index is -1.14. The molecule has 0 bridgehead atoms. The average Bonchev–Trinajstić information content (AvgIpc) is 3.17. The van der Waals surface area contributed by atoms with E-state index in [1.165, 1.54) is 11.3 Å². The van der Waals surface area contributed by atoms with Crippen LogP contribution in [0.2, 0.25) is 0 Å². The van der Waals surface area contributed by atoms with E-state index in [4.69, 9.17) is 5.11 Å². The number of carbonyl (C=O) groups is 3. The molecule has 144 valence electrons. The molecule has 2 aromatic rings. The van der Waals surface area contributed by atoms with Crippen molar-refractivity contribution < 1.29 is 24.6 Å². The SMILES string of the molecule is C[C@H](NC(CCc1ccccc1)C(=O)O)C(=O)N(CC(=O)O)c1ccsc1. The summed E-state index contributed by atoms with van der Waals surface area (Å²) in [5, 5.41) is 24.8. The van der Waals surface area contributed by atoms with Crippen molar-refractivity contribution in [1.29, 1.82) is 0 Å². The predicted octanol–water partition coefficient (Wildman–Crippen LogP) is 2.23. The Morgan fingerprint density at radius 1 is 1.15 bits per heavy atom. The fourth-order valence-electron chi connectivity index (χ4n) is 2.68. The van der Waals surface area contributed by atoms with E-state index < -0.39 is 36.5 Å². The molecule has 8 heteroatoms. The third-order valence-electron chi connectivity index (χ3n) is 4.06. The van der Waals surface area contributed by atoms with E-state index in [-0.39, 0.29) is 0 Å². The van der Waals surface area contributed by atoms with Gasteiger partial charge in [0.2, 0.25) is 5.91 Å². The van der Waals surface area contributed by atoms with E-state index >= 15 is 0 Å². The molecule has 0 aliphatic heterocycles. The zero-order valence-corrected chi connectivity index (χ0v) is 15.7. The summed E-state index contributed by atoms with van der Waals surface area (Å²) in [5.74, 6) is -2.67. The second-order valence-electron chi connectivity index (χ2n) is 6.10. The number of carboxylic acid groups (broad SMARTS) is 2. The highest BCUT2D eigenvalue weighted by Crippen LogP contribution is 2.19. The lowest BCUT2D eigenvalue weighted by Gasteiger charge is -2.26. The lowest BCUT2D eigenvalue weighted by atomic mass is 10.0. The predicted molar refractivity (Wildman–Crippen MR) is 103 cm³/mol. The van der Waals surface area contributed by atoms with Crippen molar-refractivity contribution in [3.63, 3.8) is 0 Å². The summed E-state index contributed by atoms with van der Waals surface area (Å²) in [7, 11) is 0. The van der Waals surface area contributed by atoms with Crippen molar-refractivity contribution in [3.8, 4) is 0 Å². The summed E-state index contributed by atoms with van der Waals surface area (Å²) >= 11 is 1.35. The number of nitrogens with zero attached hydrogens (tertiary/aromatic N) is 1. The van der Waals surface area contributed by atoms with Crippen LogP contribution in [0.5, 0.6) is 0 Å². The van der Waals surface area contributed by atoms with Crippen LogP contribution in [0.25, 0.3) is 0 Å². The third-order valence-corrected chi connectivity index (χ3v) is 4.73. The normalized spacial score (nSPS) is 12.9. The van der Waals surface area contributed by atoms with Gasteiger partial charge >= 0.3 is 11.9 Å². The zero-order valence-electron chi connectivity index (χ0n) is 14.9. The smallest absolute Gasteiger partial charge is 0.323 e. The largest absolute Gasteiger partial charge is 0.480 e. The summed E-state index contributed by atoms with van der Waals surface area (Å²) in [6, 6.07) is 9.38. The molecule has 0 spiro atoms. The van der Waals surface area contributed by atoms with Crippen LogP contribution in [0.3, 0.4) is 0 Å². The van der Waals surface area contributed by atoms with Crippen LogP contribution in [-0.4, -0.2) is 46.7 Å². The number of amides is 1. The molecule has 2 rings (SSSR count). The number of nitrogens with one attached hydrogen (secondary N) is 1. The lowest BCUT2D eigenvalue weighted by molar-refractivity contribution is -0.140. The number of carbonyl (C=O) groups excluding carboxylic acids is 1. The van der Waals surface area contributed by atoms with Crippen molar-refractivity contribution >= 4 is 34.9 Å². The Morgan fingerprint density at radius 3 is 2.41 bits per heavy atom. The second-order valence-corrected chi connectivity index (χ2v) is 6.88. The Labute approximate surface area is 161 Å². The van der Waals surface area contributed by atoms with Crippen molar-refractivity contribution in [3.05, 3.63) is 52.7 Å². The van der Waals surface area contributed by atoms with Crippen molar-refractivity contribution in [1.82, 2.24) is 5.32 Å². The highest BCUT2D eigenvalue weighted by Gasteiger charge is 2.28. The van der Waals surface area contributed by atoms with Gasteiger partial charge in [-0.3, -0.25) is 24.6 Å². The number of rotatable bonds is 10. The average molecular weight is 390 g/mol. The van der Waals surface area contributed by atoms with Gasteiger partial charge in [-0.15, -0.1) is 0 Å². The van der Waals surface area contributed by atoms with Gasteiger partial charge < -0.3 is 10.2 Å². The van der Waals surface area contributed by atoms with Crippen molar-refractivity contribution in [2.75, 3.05) is 11.4 Å². The first-order chi connectivity index (χ1) is 12.9. The zero-order chi connectivity index (χ0) is 19.8. The number of hydrogen-bond donors (Lipinski definition) is 3. The molecule has 1 aromatic heterocycles. The Morgan fingerprint density at radius 2 is 1.85 bits per heavy atom. The van der Waals surface area contributed by atoms with Crippen LogP contribution in [0.4, 0.5) is 5.69 Å². The highest BCUT2D eigenvalue weighted by molar-refractivity contribution is 7.08. The maximum Gasteiger partial charge on any atom is 0.323 e. The molecule has 0 fully saturated rings. The van der Waals surface area contributed by atoms with Gasteiger partial charge in [-0.25, -0.2) is 0 Å².